The first-order chi connectivity index (χ1) is 43.3. The minimum atomic E-state index is -1.19. The molecule has 3 aromatic heterocycles. The maximum Gasteiger partial charge on any atom is 0.415 e. The van der Waals surface area contributed by atoms with E-state index in [0.29, 0.717) is 35.3 Å². The summed E-state index contributed by atoms with van der Waals surface area (Å²) >= 11 is 0. The van der Waals surface area contributed by atoms with Crippen molar-refractivity contribution >= 4 is 123 Å². The number of benzene rings is 3. The van der Waals surface area contributed by atoms with Crippen LogP contribution < -0.4 is 46.1 Å². The van der Waals surface area contributed by atoms with Gasteiger partial charge in [0, 0.05) is 51.1 Å². The van der Waals surface area contributed by atoms with Crippen molar-refractivity contribution in [3.63, 3.8) is 0 Å². The molecule has 90 heavy (non-hydrogen) atoms. The SMILES string of the molecule is CCCC(=O)Oc1cc(/N=N/c2cccc(-c3cccc(/N=N/c4cc(OC(=O)CCC)c(NC(=O)OC)nc4NC(C)=O)c3)c2)c(NC(=O)OC)nc1NC(=O)CCOC(=O)Nc1nc(NC(=O)OC)c(/N=N/c2ccccc2)cc1OC(=O)N(CC)CC. The van der Waals surface area contributed by atoms with Crippen molar-refractivity contribution in [3.05, 3.63) is 97.1 Å². The van der Waals surface area contributed by atoms with Gasteiger partial charge in [-0.2, -0.15) is 15.3 Å². The molecule has 3 aromatic carbocycles. The molecule has 7 amide bonds. The zero-order valence-corrected chi connectivity index (χ0v) is 49.9. The molecule has 0 spiro atoms. The summed E-state index contributed by atoms with van der Waals surface area (Å²) in [6, 6.07) is 25.7. The number of methoxy groups -OCH3 is 3. The largest absolute Gasteiger partial charge is 0.453 e. The highest BCUT2D eigenvalue weighted by Crippen LogP contribution is 2.39. The zero-order valence-electron chi connectivity index (χ0n) is 49.9. The molecule has 6 rings (SSSR count). The van der Waals surface area contributed by atoms with Crippen molar-refractivity contribution in [1.82, 2.24) is 19.9 Å². The number of ether oxygens (including phenoxy) is 7. The first-order valence-corrected chi connectivity index (χ1v) is 27.5. The van der Waals surface area contributed by atoms with E-state index in [0.717, 1.165) is 21.3 Å². The van der Waals surface area contributed by atoms with Crippen molar-refractivity contribution in [2.24, 2.45) is 30.7 Å². The number of pyridine rings is 3. The lowest BCUT2D eigenvalue weighted by Gasteiger charge is -2.19. The van der Waals surface area contributed by atoms with Crippen LogP contribution in [-0.4, -0.2) is 115 Å². The smallest absolute Gasteiger partial charge is 0.415 e. The highest BCUT2D eigenvalue weighted by Gasteiger charge is 2.25. The highest BCUT2D eigenvalue weighted by atomic mass is 16.6. The fraction of sp³-hybridized carbons (Fsp3) is 0.276. The number of esters is 2. The molecule has 0 radical (unpaired) electrons. The van der Waals surface area contributed by atoms with Crippen LogP contribution in [0.1, 0.15) is 66.7 Å². The molecule has 0 aliphatic carbocycles. The maximum atomic E-state index is 13.5. The fourth-order valence-corrected chi connectivity index (χ4v) is 7.36. The van der Waals surface area contributed by atoms with Crippen LogP contribution >= 0.6 is 0 Å². The molecule has 6 aromatic rings. The van der Waals surface area contributed by atoms with Gasteiger partial charge in [0.25, 0.3) is 0 Å². The van der Waals surface area contributed by atoms with E-state index in [4.69, 9.17) is 28.4 Å². The normalized spacial score (nSPS) is 10.8. The number of aromatic nitrogens is 3. The second kappa shape index (κ2) is 33.7. The Kier molecular flexibility index (Phi) is 25.2. The lowest BCUT2D eigenvalue weighted by molar-refractivity contribution is -0.135. The van der Waals surface area contributed by atoms with E-state index in [9.17, 15) is 43.2 Å². The Balaban J connectivity index is 1.23. The molecule has 32 nitrogen and oxygen atoms in total. The number of nitrogens with one attached hydrogen (secondary N) is 6. The van der Waals surface area contributed by atoms with Crippen LogP contribution in [0.15, 0.2) is 128 Å². The lowest BCUT2D eigenvalue weighted by atomic mass is 10.0. The molecule has 6 N–H and O–H groups in total. The van der Waals surface area contributed by atoms with Crippen LogP contribution in [0.5, 0.6) is 17.2 Å². The Hall–Kier alpha value is -11.9. The van der Waals surface area contributed by atoms with E-state index < -0.39 is 73.1 Å². The van der Waals surface area contributed by atoms with Crippen molar-refractivity contribution in [2.45, 2.75) is 66.7 Å². The van der Waals surface area contributed by atoms with E-state index in [1.807, 2.05) is 0 Å². The number of carbonyl (C=O) groups excluding carboxylic acids is 9. The van der Waals surface area contributed by atoms with Crippen LogP contribution in [0.3, 0.4) is 0 Å². The third kappa shape index (κ3) is 20.4. The average Bonchev–Trinajstić information content (AvgIpc) is 1.33. The van der Waals surface area contributed by atoms with Crippen molar-refractivity contribution in [3.8, 4) is 28.4 Å². The summed E-state index contributed by atoms with van der Waals surface area (Å²) in [6.07, 6.45) is -4.58. The van der Waals surface area contributed by atoms with Gasteiger partial charge in [0.05, 0.1) is 44.8 Å². The van der Waals surface area contributed by atoms with Gasteiger partial charge in [-0.1, -0.05) is 56.3 Å². The average molecular weight is 1240 g/mol. The number of anilines is 6. The molecule has 0 bridgehead atoms. The molecular formula is C58H62N16O16. The molecule has 0 saturated heterocycles. The first kappa shape index (κ1) is 67.3. The molecule has 0 atom stereocenters. The van der Waals surface area contributed by atoms with Gasteiger partial charge < -0.3 is 48.7 Å². The van der Waals surface area contributed by atoms with Gasteiger partial charge >= 0.3 is 42.4 Å². The summed E-state index contributed by atoms with van der Waals surface area (Å²) in [7, 11) is 3.32. The van der Waals surface area contributed by atoms with Gasteiger partial charge in [-0.05, 0) is 74.2 Å². The molecule has 3 heterocycles. The van der Waals surface area contributed by atoms with Crippen LogP contribution in [0.2, 0.25) is 0 Å². The van der Waals surface area contributed by atoms with Crippen LogP contribution in [-0.2, 0) is 38.1 Å². The minimum absolute atomic E-state index is 0.0299. The summed E-state index contributed by atoms with van der Waals surface area (Å²) in [5.41, 5.74) is 1.97. The topological polar surface area (TPSA) is 406 Å². The van der Waals surface area contributed by atoms with Gasteiger partial charge in [-0.25, -0.2) is 38.9 Å². The molecule has 0 saturated carbocycles. The Labute approximate surface area is 513 Å². The second-order valence-electron chi connectivity index (χ2n) is 18.2. The van der Waals surface area contributed by atoms with Crippen LogP contribution in [0.25, 0.3) is 11.1 Å². The first-order valence-electron chi connectivity index (χ1n) is 27.5. The molecule has 470 valence electrons. The predicted octanol–water partition coefficient (Wildman–Crippen LogP) is 13.1. The van der Waals surface area contributed by atoms with E-state index in [1.165, 1.54) is 30.0 Å². The molecular weight excluding hydrogens is 1180 g/mol. The lowest BCUT2D eigenvalue weighted by Crippen LogP contribution is -2.33. The highest BCUT2D eigenvalue weighted by molar-refractivity contribution is 5.96. The quantitative estimate of drug-likeness (QED) is 0.0176. The van der Waals surface area contributed by atoms with Crippen molar-refractivity contribution < 1.29 is 76.3 Å². The molecule has 0 aliphatic heterocycles. The molecule has 0 aliphatic rings. The standard InChI is InChI=1S/C58H62N16O16/c1-9-18-46(77)88-42-31-40(73-70-38-25-17-21-35(29-38)34-20-16-24-37(28-34)69-72-39-30-43(89-47(78)19-10-2)52(66-56(81)86-8)61-48(39)59-33(5)75)49(64-54(79)84-6)62-51(42)60-45(76)26-27-87-57(82)67-53-44(90-58(83)74(11-3)12-4)32-41(50(63-53)65-55(80)85-7)71-68-36-22-14-13-15-23-36/h13-17,20-25,28-32H,9-12,18-19,26-27H2,1-8H3,(H2,59,61,66,75,81)(H2,60,62,64,76,79)(H2,63,65,67,80,82)/b71-68+,72-69+,73-70+. The third-order valence-corrected chi connectivity index (χ3v) is 11.6. The summed E-state index contributed by atoms with van der Waals surface area (Å²) in [5, 5.41) is 40.2. The van der Waals surface area contributed by atoms with Crippen LogP contribution in [0.4, 0.5) is 93.0 Å². The zero-order chi connectivity index (χ0) is 65.1. The van der Waals surface area contributed by atoms with Gasteiger partial charge in [0.15, 0.2) is 52.2 Å². The van der Waals surface area contributed by atoms with Gasteiger partial charge in [0.1, 0.15) is 23.7 Å². The summed E-state index contributed by atoms with van der Waals surface area (Å²) in [6.45, 7) is 8.12. The van der Waals surface area contributed by atoms with E-state index in [1.54, 1.807) is 107 Å². The van der Waals surface area contributed by atoms with Gasteiger partial charge in [0.2, 0.25) is 11.8 Å². The number of amides is 7. The Bertz CT molecular complexity index is 3710. The molecule has 0 unspecified atom stereocenters. The monoisotopic (exact) mass is 1240 g/mol. The Morgan fingerprint density at radius 3 is 1.27 bits per heavy atom. The number of hydrogen-bond acceptors (Lipinski definition) is 25. The minimum Gasteiger partial charge on any atom is -0.453 e. The molecule has 0 fully saturated rings. The number of azo groups is 3. The Morgan fingerprint density at radius 2 is 0.833 bits per heavy atom. The summed E-state index contributed by atoms with van der Waals surface area (Å²) in [4.78, 5) is 129. The second-order valence-corrected chi connectivity index (χ2v) is 18.2. The van der Waals surface area contributed by atoms with Crippen molar-refractivity contribution in [1.29, 1.82) is 0 Å². The number of hydrogen-bond donors (Lipinski definition) is 6. The van der Waals surface area contributed by atoms with Gasteiger partial charge in [-0.3, -0.25) is 40.4 Å². The van der Waals surface area contributed by atoms with E-state index >= 15 is 0 Å². The maximum absolute atomic E-state index is 13.5. The number of carbonyl (C=O) groups is 9. The predicted molar refractivity (Wildman–Crippen MR) is 324 cm³/mol. The summed E-state index contributed by atoms with van der Waals surface area (Å²) in [5.74, 6) is -5.24. The fourth-order valence-electron chi connectivity index (χ4n) is 7.36. The number of rotatable bonds is 25. The number of nitrogens with zero attached hydrogens (tertiary/aromatic N) is 10. The third-order valence-electron chi connectivity index (χ3n) is 11.6. The molecule has 32 heteroatoms. The van der Waals surface area contributed by atoms with E-state index in [-0.39, 0.29) is 95.0 Å². The van der Waals surface area contributed by atoms with Gasteiger partial charge in [-0.15, -0.1) is 15.3 Å². The summed E-state index contributed by atoms with van der Waals surface area (Å²) < 4.78 is 36.2. The van der Waals surface area contributed by atoms with Crippen molar-refractivity contribution in [2.75, 3.05) is 72.9 Å². The van der Waals surface area contributed by atoms with E-state index in [2.05, 4.69) is 82.3 Å². The van der Waals surface area contributed by atoms with Crippen LogP contribution in [0, 0.1) is 0 Å². The Morgan fingerprint density at radius 1 is 0.433 bits per heavy atom.